The quantitative estimate of drug-likeness (QED) is 0.425. The van der Waals surface area contributed by atoms with E-state index in [1.165, 1.54) is 47.4 Å². The van der Waals surface area contributed by atoms with E-state index in [2.05, 4.69) is 4.98 Å². The van der Waals surface area contributed by atoms with Gasteiger partial charge < -0.3 is 5.73 Å². The van der Waals surface area contributed by atoms with Crippen molar-refractivity contribution in [2.24, 2.45) is 5.73 Å². The number of hydrogen-bond acceptors (Lipinski definition) is 6. The second kappa shape index (κ2) is 6.81. The average molecular weight is 357 g/mol. The number of non-ortho nitro benzene ring substituents is 1. The summed E-state index contributed by atoms with van der Waals surface area (Å²) in [5.74, 6) is -0.613. The Morgan fingerprint density at radius 3 is 2.79 bits per heavy atom. The fourth-order valence-corrected chi connectivity index (χ4v) is 4.15. The van der Waals surface area contributed by atoms with Crippen LogP contribution in [0.5, 0.6) is 0 Å². The molecule has 0 aliphatic rings. The lowest BCUT2D eigenvalue weighted by Crippen LogP contribution is -2.05. The number of para-hydroxylation sites is 1. The number of fused-ring (bicyclic) bond motifs is 1. The van der Waals surface area contributed by atoms with Crippen LogP contribution in [0, 0.1) is 10.1 Å². The van der Waals surface area contributed by atoms with E-state index in [1.807, 2.05) is 24.3 Å². The van der Waals surface area contributed by atoms with Crippen LogP contribution in [0.25, 0.3) is 16.3 Å². The number of rotatable bonds is 5. The first-order chi connectivity index (χ1) is 11.5. The second-order valence-electron chi connectivity index (χ2n) is 4.76. The molecule has 1 heterocycles. The molecule has 8 heteroatoms. The molecule has 0 saturated carbocycles. The number of primary amides is 1. The monoisotopic (exact) mass is 357 g/mol. The van der Waals surface area contributed by atoms with Gasteiger partial charge in [-0.25, -0.2) is 4.98 Å². The summed E-state index contributed by atoms with van der Waals surface area (Å²) in [4.78, 5) is 26.7. The van der Waals surface area contributed by atoms with Crippen LogP contribution in [0.15, 0.2) is 57.8 Å². The molecule has 0 spiro atoms. The van der Waals surface area contributed by atoms with Gasteiger partial charge in [0.05, 0.1) is 15.1 Å². The smallest absolute Gasteiger partial charge is 0.270 e. The van der Waals surface area contributed by atoms with Crippen LogP contribution < -0.4 is 5.73 Å². The zero-order chi connectivity index (χ0) is 17.1. The minimum atomic E-state index is -0.613. The van der Waals surface area contributed by atoms with E-state index in [0.717, 1.165) is 19.5 Å². The zero-order valence-corrected chi connectivity index (χ0v) is 13.8. The summed E-state index contributed by atoms with van der Waals surface area (Å²) in [5.41, 5.74) is 6.52. The molecule has 0 unspecified atom stereocenters. The molecule has 120 valence electrons. The predicted molar refractivity (Wildman–Crippen MR) is 95.1 cm³/mol. The molecule has 3 aromatic rings. The van der Waals surface area contributed by atoms with Crippen molar-refractivity contribution in [2.75, 3.05) is 0 Å². The minimum absolute atomic E-state index is 0.0484. The van der Waals surface area contributed by atoms with Gasteiger partial charge in [0, 0.05) is 23.1 Å². The molecule has 2 N–H and O–H groups in total. The van der Waals surface area contributed by atoms with Gasteiger partial charge in [-0.3, -0.25) is 14.9 Å². The second-order valence-corrected chi connectivity index (χ2v) is 7.08. The number of nitrogens with two attached hydrogens (primary N) is 1. The molecule has 0 atom stereocenters. The molecular weight excluding hydrogens is 346 g/mol. The van der Waals surface area contributed by atoms with Gasteiger partial charge in [-0.15, -0.1) is 11.3 Å². The summed E-state index contributed by atoms with van der Waals surface area (Å²) < 4.78 is 1.88. The maximum absolute atomic E-state index is 11.0. The van der Waals surface area contributed by atoms with Crippen LogP contribution in [-0.4, -0.2) is 15.8 Å². The summed E-state index contributed by atoms with van der Waals surface area (Å²) >= 11 is 2.93. The fourth-order valence-electron chi connectivity index (χ4n) is 2.03. The molecule has 0 aliphatic carbocycles. The van der Waals surface area contributed by atoms with Crippen molar-refractivity contribution in [1.82, 2.24) is 4.98 Å². The lowest BCUT2D eigenvalue weighted by molar-refractivity contribution is -0.384. The number of amides is 1. The van der Waals surface area contributed by atoms with Crippen molar-refractivity contribution in [3.63, 3.8) is 0 Å². The number of nitro benzene ring substituents is 1. The van der Waals surface area contributed by atoms with Crippen LogP contribution in [0.1, 0.15) is 5.56 Å². The summed E-state index contributed by atoms with van der Waals surface area (Å²) in [6.07, 6.45) is 2.66. The highest BCUT2D eigenvalue weighted by Gasteiger charge is 2.12. The number of nitrogens with zero attached hydrogens (tertiary/aromatic N) is 2. The van der Waals surface area contributed by atoms with Gasteiger partial charge in [0.25, 0.3) is 5.69 Å². The molecule has 2 aromatic carbocycles. The molecule has 0 radical (unpaired) electrons. The Hall–Kier alpha value is -2.71. The van der Waals surface area contributed by atoms with Gasteiger partial charge in [0.2, 0.25) is 5.91 Å². The highest BCUT2D eigenvalue weighted by Crippen LogP contribution is 2.37. The average Bonchev–Trinajstić information content (AvgIpc) is 2.95. The van der Waals surface area contributed by atoms with Crippen molar-refractivity contribution in [2.45, 2.75) is 9.24 Å². The largest absolute Gasteiger partial charge is 0.366 e. The summed E-state index contributed by atoms with van der Waals surface area (Å²) in [6.45, 7) is 0. The van der Waals surface area contributed by atoms with Gasteiger partial charge in [-0.2, -0.15) is 0 Å². The molecule has 3 rings (SSSR count). The molecule has 0 aliphatic heterocycles. The minimum Gasteiger partial charge on any atom is -0.366 e. The van der Waals surface area contributed by atoms with Gasteiger partial charge in [-0.05, 0) is 29.8 Å². The third-order valence-electron chi connectivity index (χ3n) is 3.10. The molecule has 0 fully saturated rings. The first-order valence-corrected chi connectivity index (χ1v) is 8.45. The molecule has 0 saturated heterocycles. The number of carbonyl (C=O) groups is 1. The maximum Gasteiger partial charge on any atom is 0.270 e. The summed E-state index contributed by atoms with van der Waals surface area (Å²) in [5, 5.41) is 11.0. The predicted octanol–water partition coefficient (Wildman–Crippen LogP) is 3.85. The van der Waals surface area contributed by atoms with Gasteiger partial charge in [0.1, 0.15) is 0 Å². The Bertz CT molecular complexity index is 933. The maximum atomic E-state index is 11.0. The first kappa shape index (κ1) is 16.2. The molecule has 24 heavy (non-hydrogen) atoms. The van der Waals surface area contributed by atoms with Crippen LogP contribution in [0.4, 0.5) is 5.69 Å². The summed E-state index contributed by atoms with van der Waals surface area (Å²) in [6, 6.07) is 12.3. The van der Waals surface area contributed by atoms with E-state index in [-0.39, 0.29) is 5.69 Å². The van der Waals surface area contributed by atoms with E-state index in [0.29, 0.717) is 5.56 Å². The van der Waals surface area contributed by atoms with Crippen molar-refractivity contribution in [1.29, 1.82) is 0 Å². The third kappa shape index (κ3) is 3.61. The van der Waals surface area contributed by atoms with Crippen molar-refractivity contribution in [3.05, 3.63) is 64.2 Å². The Morgan fingerprint density at radius 2 is 2.08 bits per heavy atom. The van der Waals surface area contributed by atoms with Crippen molar-refractivity contribution >= 4 is 51.0 Å². The fraction of sp³-hybridized carbons (Fsp3) is 0. The van der Waals surface area contributed by atoms with Gasteiger partial charge in [-0.1, -0.05) is 23.9 Å². The molecule has 6 nitrogen and oxygen atoms in total. The van der Waals surface area contributed by atoms with Gasteiger partial charge >= 0.3 is 0 Å². The Kier molecular flexibility index (Phi) is 4.59. The SMILES string of the molecule is NC(=O)/C=C/c1cc([N+](=O)[O-])ccc1Sc1nc2ccccc2s1. The van der Waals surface area contributed by atoms with Crippen LogP contribution in [-0.2, 0) is 4.79 Å². The Balaban J connectivity index is 1.99. The standard InChI is InChI=1S/C16H11N3O3S2/c17-15(20)8-5-10-9-11(19(21)22)6-7-13(10)23-16-18-12-3-1-2-4-14(12)24-16/h1-9H,(H2,17,20)/b8-5+. The van der Waals surface area contributed by atoms with Crippen LogP contribution >= 0.6 is 23.1 Å². The van der Waals surface area contributed by atoms with E-state index >= 15 is 0 Å². The zero-order valence-electron chi connectivity index (χ0n) is 12.2. The highest BCUT2D eigenvalue weighted by atomic mass is 32.2. The van der Waals surface area contributed by atoms with Gasteiger partial charge in [0.15, 0.2) is 4.34 Å². The highest BCUT2D eigenvalue weighted by molar-refractivity contribution is 8.01. The molecular formula is C16H11N3O3S2. The number of carbonyl (C=O) groups excluding carboxylic acids is 1. The van der Waals surface area contributed by atoms with Crippen molar-refractivity contribution in [3.8, 4) is 0 Å². The first-order valence-electron chi connectivity index (χ1n) is 6.82. The number of aromatic nitrogens is 1. The molecule has 1 aromatic heterocycles. The van der Waals surface area contributed by atoms with E-state index < -0.39 is 10.8 Å². The lowest BCUT2D eigenvalue weighted by Gasteiger charge is -2.03. The van der Waals surface area contributed by atoms with E-state index in [1.54, 1.807) is 6.07 Å². The lowest BCUT2D eigenvalue weighted by atomic mass is 10.2. The number of thiazole rings is 1. The van der Waals surface area contributed by atoms with Crippen LogP contribution in [0.2, 0.25) is 0 Å². The number of benzene rings is 2. The number of hydrogen-bond donors (Lipinski definition) is 1. The third-order valence-corrected chi connectivity index (χ3v) is 5.29. The normalized spacial score (nSPS) is 11.2. The Labute approximate surface area is 145 Å². The van der Waals surface area contributed by atoms with Crippen molar-refractivity contribution < 1.29 is 9.72 Å². The molecule has 0 bridgehead atoms. The topological polar surface area (TPSA) is 99.1 Å². The summed E-state index contributed by atoms with van der Waals surface area (Å²) in [7, 11) is 0. The van der Waals surface area contributed by atoms with E-state index in [4.69, 9.17) is 5.73 Å². The molecule has 1 amide bonds. The Morgan fingerprint density at radius 1 is 1.29 bits per heavy atom. The number of nitro groups is 1. The van der Waals surface area contributed by atoms with E-state index in [9.17, 15) is 14.9 Å². The van der Waals surface area contributed by atoms with Crippen LogP contribution in [0.3, 0.4) is 0 Å².